The lowest BCUT2D eigenvalue weighted by Gasteiger charge is -2.35. The zero-order chi connectivity index (χ0) is 18.7. The van der Waals surface area contributed by atoms with Gasteiger partial charge in [0.2, 0.25) is 0 Å². The van der Waals surface area contributed by atoms with E-state index in [2.05, 4.69) is 19.1 Å². The van der Waals surface area contributed by atoms with Gasteiger partial charge in [0.25, 0.3) is 0 Å². The molecule has 1 heterocycles. The summed E-state index contributed by atoms with van der Waals surface area (Å²) >= 11 is 0. The minimum Gasteiger partial charge on any atom is -1.00 e. The quantitative estimate of drug-likeness (QED) is 0.383. The SMILES string of the molecule is COc1cccc([NH+]2CC[NH+](C(C)C(O)c3ccc(O)c(C)c3)CC2)c1.[Cl-].[Cl-]. The smallest absolute Gasteiger partial charge is 0.135 e. The van der Waals surface area contributed by atoms with Gasteiger partial charge in [0.15, 0.2) is 0 Å². The number of halogens is 2. The number of quaternary nitrogens is 2. The van der Waals surface area contributed by atoms with E-state index in [0.717, 1.165) is 43.1 Å². The van der Waals surface area contributed by atoms with Gasteiger partial charge in [0.05, 0.1) is 7.11 Å². The molecule has 4 N–H and O–H groups in total. The molecule has 156 valence electrons. The van der Waals surface area contributed by atoms with E-state index >= 15 is 0 Å². The van der Waals surface area contributed by atoms with Gasteiger partial charge in [-0.25, -0.2) is 0 Å². The Kier molecular flexibility index (Phi) is 9.54. The van der Waals surface area contributed by atoms with Crippen molar-refractivity contribution in [3.8, 4) is 11.5 Å². The van der Waals surface area contributed by atoms with Crippen molar-refractivity contribution in [3.05, 3.63) is 53.6 Å². The highest BCUT2D eigenvalue weighted by Gasteiger charge is 2.32. The first-order valence-corrected chi connectivity index (χ1v) is 9.31. The number of hydrogen-bond acceptors (Lipinski definition) is 3. The number of piperazine rings is 1. The number of rotatable bonds is 5. The Bertz CT molecular complexity index is 752. The number of benzene rings is 2. The van der Waals surface area contributed by atoms with E-state index in [1.807, 2.05) is 31.2 Å². The summed E-state index contributed by atoms with van der Waals surface area (Å²) in [4.78, 5) is 2.89. The molecule has 2 aromatic rings. The fourth-order valence-corrected chi connectivity index (χ4v) is 3.83. The van der Waals surface area contributed by atoms with E-state index in [-0.39, 0.29) is 36.6 Å². The molecule has 2 unspecified atom stereocenters. The molecule has 0 radical (unpaired) electrons. The van der Waals surface area contributed by atoms with E-state index in [0.29, 0.717) is 0 Å². The van der Waals surface area contributed by atoms with E-state index in [1.54, 1.807) is 13.2 Å². The first kappa shape index (κ1) is 24.5. The molecule has 0 aliphatic carbocycles. The lowest BCUT2D eigenvalue weighted by molar-refractivity contribution is -1.00. The third-order valence-corrected chi connectivity index (χ3v) is 5.65. The van der Waals surface area contributed by atoms with E-state index in [1.165, 1.54) is 15.5 Å². The second-order valence-electron chi connectivity index (χ2n) is 7.27. The molecule has 0 aromatic heterocycles. The van der Waals surface area contributed by atoms with Crippen LogP contribution in [-0.2, 0) is 0 Å². The summed E-state index contributed by atoms with van der Waals surface area (Å²) in [5.41, 5.74) is 2.95. The summed E-state index contributed by atoms with van der Waals surface area (Å²) in [5, 5.41) is 20.5. The van der Waals surface area contributed by atoms with Crippen molar-refractivity contribution >= 4 is 5.69 Å². The number of nitrogens with one attached hydrogen (secondary N) is 2. The minimum atomic E-state index is -0.525. The molecular weight excluding hydrogens is 399 g/mol. The van der Waals surface area contributed by atoms with Crippen molar-refractivity contribution in [1.82, 2.24) is 0 Å². The van der Waals surface area contributed by atoms with Crippen LogP contribution in [0.1, 0.15) is 24.2 Å². The first-order valence-electron chi connectivity index (χ1n) is 9.31. The number of methoxy groups -OCH3 is 1. The van der Waals surface area contributed by atoms with E-state index in [9.17, 15) is 10.2 Å². The monoisotopic (exact) mass is 428 g/mol. The van der Waals surface area contributed by atoms with Crippen LogP contribution in [0.25, 0.3) is 0 Å². The highest BCUT2D eigenvalue weighted by Crippen LogP contribution is 2.22. The number of phenols is 1. The van der Waals surface area contributed by atoms with Crippen LogP contribution in [0.3, 0.4) is 0 Å². The number of aryl methyl sites for hydroxylation is 1. The zero-order valence-corrected chi connectivity index (χ0v) is 18.1. The molecule has 1 aliphatic rings. The highest BCUT2D eigenvalue weighted by atomic mass is 35.5. The van der Waals surface area contributed by atoms with Crippen molar-refractivity contribution in [2.75, 3.05) is 33.3 Å². The number of aliphatic hydroxyl groups excluding tert-OH is 1. The lowest BCUT2D eigenvalue weighted by atomic mass is 9.99. The lowest BCUT2D eigenvalue weighted by Crippen LogP contribution is -3.28. The van der Waals surface area contributed by atoms with Gasteiger partial charge in [-0.3, -0.25) is 4.90 Å². The Hall–Kier alpha value is -1.50. The maximum atomic E-state index is 10.8. The molecule has 0 spiro atoms. The summed E-state index contributed by atoms with van der Waals surface area (Å²) in [5.74, 6) is 1.17. The topological polar surface area (TPSA) is 58.6 Å². The van der Waals surface area contributed by atoms with Crippen molar-refractivity contribution in [2.24, 2.45) is 0 Å². The second-order valence-corrected chi connectivity index (χ2v) is 7.27. The number of hydrogen-bond donors (Lipinski definition) is 4. The molecule has 5 nitrogen and oxygen atoms in total. The molecule has 0 saturated carbocycles. The number of aromatic hydroxyl groups is 1. The molecule has 0 amide bonds. The number of ether oxygens (including phenoxy) is 1. The zero-order valence-electron chi connectivity index (χ0n) is 16.6. The van der Waals surface area contributed by atoms with Crippen LogP contribution in [0, 0.1) is 6.92 Å². The summed E-state index contributed by atoms with van der Waals surface area (Å²) in [7, 11) is 1.70. The maximum Gasteiger partial charge on any atom is 0.135 e. The molecule has 0 bridgehead atoms. The van der Waals surface area contributed by atoms with Crippen molar-refractivity contribution in [1.29, 1.82) is 0 Å². The Morgan fingerprint density at radius 3 is 2.29 bits per heavy atom. The molecule has 28 heavy (non-hydrogen) atoms. The van der Waals surface area contributed by atoms with Crippen LogP contribution in [0.2, 0.25) is 0 Å². The summed E-state index contributed by atoms with van der Waals surface area (Å²) in [6, 6.07) is 13.8. The van der Waals surface area contributed by atoms with Gasteiger partial charge in [0, 0.05) is 6.07 Å². The third kappa shape index (κ3) is 5.52. The molecule has 1 saturated heterocycles. The molecule has 1 fully saturated rings. The summed E-state index contributed by atoms with van der Waals surface area (Å²) < 4.78 is 5.33. The Balaban J connectivity index is 0.00000196. The fraction of sp³-hybridized carbons (Fsp3) is 0.429. The Labute approximate surface area is 179 Å². The largest absolute Gasteiger partial charge is 1.00 e. The summed E-state index contributed by atoms with van der Waals surface area (Å²) in [6.45, 7) is 8.07. The third-order valence-electron chi connectivity index (χ3n) is 5.65. The molecular formula is C21H30Cl2N2O3. The van der Waals surface area contributed by atoms with Crippen LogP contribution in [-0.4, -0.2) is 49.5 Å². The van der Waals surface area contributed by atoms with Crippen molar-refractivity contribution in [3.63, 3.8) is 0 Å². The molecule has 3 rings (SSSR count). The van der Waals surface area contributed by atoms with Gasteiger partial charge in [-0.2, -0.15) is 0 Å². The second kappa shape index (κ2) is 10.9. The molecule has 2 atom stereocenters. The predicted molar refractivity (Wildman–Crippen MR) is 101 cm³/mol. The van der Waals surface area contributed by atoms with Gasteiger partial charge >= 0.3 is 0 Å². The molecule has 7 heteroatoms. The van der Waals surface area contributed by atoms with Crippen LogP contribution in [0.5, 0.6) is 11.5 Å². The molecule has 1 aliphatic heterocycles. The van der Waals surface area contributed by atoms with Crippen molar-refractivity contribution in [2.45, 2.75) is 26.0 Å². The number of aliphatic hydroxyl groups is 1. The first-order chi connectivity index (χ1) is 12.5. The van der Waals surface area contributed by atoms with Gasteiger partial charge < -0.3 is 44.7 Å². The van der Waals surface area contributed by atoms with E-state index < -0.39 is 6.10 Å². The van der Waals surface area contributed by atoms with Gasteiger partial charge in [0.1, 0.15) is 55.5 Å². The van der Waals surface area contributed by atoms with Gasteiger partial charge in [-0.1, -0.05) is 12.1 Å². The van der Waals surface area contributed by atoms with E-state index in [4.69, 9.17) is 4.74 Å². The predicted octanol–water partition coefficient (Wildman–Crippen LogP) is -5.75. The average molecular weight is 429 g/mol. The molecule has 2 aromatic carbocycles. The highest BCUT2D eigenvalue weighted by molar-refractivity contribution is 5.38. The Morgan fingerprint density at radius 1 is 1.00 bits per heavy atom. The van der Waals surface area contributed by atoms with Gasteiger partial charge in [-0.15, -0.1) is 0 Å². The maximum absolute atomic E-state index is 10.8. The van der Waals surface area contributed by atoms with Crippen LogP contribution >= 0.6 is 0 Å². The van der Waals surface area contributed by atoms with Gasteiger partial charge in [-0.05, 0) is 49.2 Å². The van der Waals surface area contributed by atoms with Crippen molar-refractivity contribution < 1.29 is 49.6 Å². The fourth-order valence-electron chi connectivity index (χ4n) is 3.83. The average Bonchev–Trinajstić information content (AvgIpc) is 2.69. The van der Waals surface area contributed by atoms with Crippen LogP contribution in [0.4, 0.5) is 5.69 Å². The summed E-state index contributed by atoms with van der Waals surface area (Å²) in [6.07, 6.45) is -0.525. The van der Waals surface area contributed by atoms with Crippen LogP contribution in [0.15, 0.2) is 42.5 Å². The van der Waals surface area contributed by atoms with Crippen LogP contribution < -0.4 is 39.4 Å². The Morgan fingerprint density at radius 2 is 1.68 bits per heavy atom. The minimum absolute atomic E-state index is 0. The standard InChI is InChI=1S/C21H28N2O3.2ClH/c1-15-13-17(7-8-20(15)24)21(25)16(2)22-9-11-23(12-10-22)18-5-4-6-19(14-18)26-3;;/h4-8,13-14,16,21,24-25H,9-12H2,1-3H3;2*1H. The number of phenolic OH excluding ortho intramolecular Hbond substituents is 1. The normalized spacial score (nSPS) is 21.0.